The van der Waals surface area contributed by atoms with Crippen LogP contribution in [0.3, 0.4) is 0 Å². The van der Waals surface area contributed by atoms with Crippen molar-refractivity contribution in [3.63, 3.8) is 0 Å². The van der Waals surface area contributed by atoms with E-state index in [1.807, 2.05) is 14.0 Å². The van der Waals surface area contributed by atoms with E-state index in [4.69, 9.17) is 4.74 Å². The van der Waals surface area contributed by atoms with Crippen LogP contribution in [0.5, 0.6) is 0 Å². The monoisotopic (exact) mass is 1080 g/mol. The third kappa shape index (κ3) is 29.4. The van der Waals surface area contributed by atoms with E-state index < -0.39 is 12.2 Å². The average molecular weight is 1080 g/mol. The van der Waals surface area contributed by atoms with Crippen LogP contribution in [0.2, 0.25) is 0 Å². The van der Waals surface area contributed by atoms with Gasteiger partial charge in [-0.3, -0.25) is 9.80 Å². The lowest BCUT2D eigenvalue weighted by molar-refractivity contribution is 0.00231. The third-order valence-electron chi connectivity index (χ3n) is 17.4. The highest BCUT2D eigenvalue weighted by atomic mass is 16.5. The van der Waals surface area contributed by atoms with E-state index in [0.29, 0.717) is 78.9 Å². The lowest BCUT2D eigenvalue weighted by Gasteiger charge is -2.42. The second kappa shape index (κ2) is 39.0. The molecule has 1 saturated heterocycles. The molecule has 0 aromatic heterocycles. The maximum Gasteiger partial charge on any atom is 0.0733 e. The predicted octanol–water partition coefficient (Wildman–Crippen LogP) is 7.10. The highest BCUT2D eigenvalue weighted by Crippen LogP contribution is 2.22. The molecule has 1 aliphatic heterocycles. The molecule has 0 spiro atoms. The zero-order chi connectivity index (χ0) is 58.0. The summed E-state index contributed by atoms with van der Waals surface area (Å²) in [6, 6.07) is 2.67. The number of nitrogens with one attached hydrogen (secondary N) is 5. The van der Waals surface area contributed by atoms with E-state index in [9.17, 15) is 10.2 Å². The Morgan fingerprint density at radius 2 is 0.934 bits per heavy atom. The minimum atomic E-state index is -0.569. The molecule has 0 aromatic carbocycles. The topological polar surface area (TPSA) is 129 Å². The summed E-state index contributed by atoms with van der Waals surface area (Å²) in [5.74, 6) is 2.92. The largest absolute Gasteiger partial charge is 0.392 e. The number of aliphatic hydroxyl groups excluding tert-OH is 2. The molecule has 456 valence electrons. The lowest BCUT2D eigenvalue weighted by atomic mass is 9.91. The average Bonchev–Trinajstić information content (AvgIpc) is 3.32. The maximum atomic E-state index is 12.3. The second-order valence-corrected chi connectivity index (χ2v) is 27.4. The van der Waals surface area contributed by atoms with Gasteiger partial charge in [0.15, 0.2) is 0 Å². The molecule has 0 aliphatic carbocycles. The first-order valence-corrected chi connectivity index (χ1v) is 31.3. The fraction of sp³-hybridized carbons (Fsp3) is 1.00. The summed E-state index contributed by atoms with van der Waals surface area (Å²) in [6.45, 7) is 48.9. The van der Waals surface area contributed by atoms with Crippen LogP contribution < -0.4 is 26.6 Å². The molecule has 14 nitrogen and oxygen atoms in total. The molecule has 0 bridgehead atoms. The number of ether oxygens (including phenoxy) is 1. The third-order valence-corrected chi connectivity index (χ3v) is 17.4. The quantitative estimate of drug-likeness (QED) is 0.0801. The van der Waals surface area contributed by atoms with Gasteiger partial charge in [0.2, 0.25) is 0 Å². The number of rotatable bonds is 17. The summed E-state index contributed by atoms with van der Waals surface area (Å²) in [7, 11) is 15.5. The van der Waals surface area contributed by atoms with E-state index in [2.05, 4.69) is 209 Å². The normalized spacial score (nSPS) is 31.9. The lowest BCUT2D eigenvalue weighted by Crippen LogP contribution is -2.59. The second-order valence-electron chi connectivity index (χ2n) is 27.4. The Morgan fingerprint density at radius 3 is 1.43 bits per heavy atom. The number of unbranched alkanes of at least 4 members (excludes halogenated alkanes) is 1. The number of hydrogen-bond donors (Lipinski definition) is 7. The summed E-state index contributed by atoms with van der Waals surface area (Å²) in [5.41, 5.74) is 0. The molecule has 1 heterocycles. The van der Waals surface area contributed by atoms with Crippen molar-refractivity contribution in [3.05, 3.63) is 0 Å². The van der Waals surface area contributed by atoms with Gasteiger partial charge in [0.05, 0.1) is 18.3 Å². The number of nitrogens with zero attached hydrogens (tertiary/aromatic N) is 6. The van der Waals surface area contributed by atoms with Gasteiger partial charge in [-0.25, -0.2) is 0 Å². The Balaban J connectivity index is 3.79. The van der Waals surface area contributed by atoms with Crippen LogP contribution in [0, 0.1) is 35.5 Å². The Kier molecular flexibility index (Phi) is 37.7. The summed E-state index contributed by atoms with van der Waals surface area (Å²) in [4.78, 5) is 15.2. The first-order chi connectivity index (χ1) is 35.5. The number of likely N-dealkylation sites (N-methyl/N-ethyl adjacent to an activating group) is 6. The van der Waals surface area contributed by atoms with Gasteiger partial charge in [-0.1, -0.05) is 95.9 Å². The van der Waals surface area contributed by atoms with Crippen LogP contribution in [0.1, 0.15) is 163 Å². The number of methoxy groups -OCH3 is 1. The SMILES string of the molecule is CCCC[C@@H](C)[C@@H](O)[C@@H]1CN[C@H]([C@@H](C)O)CN(C)[C@H](C)CN(C)[C@H](C(C)OC)CN[C@@H](CC(C)C)CN(C)[C@@H](CC(C)C)CN[C@@H](C)CN[C@H](C)CN(C)[C@@H](CC(C)C)CN[C@@H](CC(C)C)CN(C)[C@@H](C(C)C)CN1C. The molecular weight excluding hydrogens is 947 g/mol. The van der Waals surface area contributed by atoms with E-state index in [1.54, 1.807) is 0 Å². The minimum absolute atomic E-state index is 0.0393. The summed E-state index contributed by atoms with van der Waals surface area (Å²) in [5, 5.41) is 43.7. The van der Waals surface area contributed by atoms with Crippen LogP contribution >= 0.6 is 0 Å². The van der Waals surface area contributed by atoms with Crippen molar-refractivity contribution in [2.45, 2.75) is 247 Å². The van der Waals surface area contributed by atoms with Crippen molar-refractivity contribution < 1.29 is 14.9 Å². The van der Waals surface area contributed by atoms with Crippen molar-refractivity contribution >= 4 is 0 Å². The molecule has 15 atom stereocenters. The molecule has 76 heavy (non-hydrogen) atoms. The molecule has 7 N–H and O–H groups in total. The van der Waals surface area contributed by atoms with E-state index >= 15 is 0 Å². The molecule has 1 fully saturated rings. The Labute approximate surface area is 473 Å². The van der Waals surface area contributed by atoms with E-state index in [0.717, 1.165) is 104 Å². The van der Waals surface area contributed by atoms with Crippen molar-refractivity contribution in [1.29, 1.82) is 0 Å². The predicted molar refractivity (Wildman–Crippen MR) is 330 cm³/mol. The van der Waals surface area contributed by atoms with Gasteiger partial charge in [-0.05, 0) is 145 Å². The molecule has 0 aromatic rings. The van der Waals surface area contributed by atoms with Crippen LogP contribution in [-0.2, 0) is 4.74 Å². The van der Waals surface area contributed by atoms with Crippen molar-refractivity contribution in [1.82, 2.24) is 56.0 Å². The van der Waals surface area contributed by atoms with Gasteiger partial charge in [0.25, 0.3) is 0 Å². The van der Waals surface area contributed by atoms with Gasteiger partial charge in [-0.2, -0.15) is 0 Å². The Bertz CT molecular complexity index is 1410. The smallest absolute Gasteiger partial charge is 0.0733 e. The van der Waals surface area contributed by atoms with Gasteiger partial charge >= 0.3 is 0 Å². The molecule has 1 aliphatic rings. The summed E-state index contributed by atoms with van der Waals surface area (Å²) in [6.07, 6.45) is 6.71. The van der Waals surface area contributed by atoms with Crippen molar-refractivity contribution in [2.75, 3.05) is 121 Å². The fourth-order valence-corrected chi connectivity index (χ4v) is 12.1. The standard InChI is InChI=1S/C62H135N11O3/c1-25-26-27-48(12)62(75)60-36-67-58(52(16)74)41-68(18)51(15)38-71(21)59(53(17)76-24)35-66-54(28-43(2)3)39-70(20)56(30-45(6)7)33-64-49(13)32-63-50(14)37-69(19)57(31-46(8)9)34-65-55(29-44(4)5)40-72(22)61(47(10)11)42-73(60)23/h43-67,74-75H,25-42H2,1-24H3/t48-,49+,50-,51-,52-,53?,54+,55+,56+,57+,58+,59+,60+,61-,62-/m1/s1. The highest BCUT2D eigenvalue weighted by Gasteiger charge is 2.34. The zero-order valence-corrected chi connectivity index (χ0v) is 54.8. The summed E-state index contributed by atoms with van der Waals surface area (Å²) >= 11 is 0. The fourth-order valence-electron chi connectivity index (χ4n) is 12.1. The van der Waals surface area contributed by atoms with Crippen LogP contribution in [-0.4, -0.2) is 246 Å². The van der Waals surface area contributed by atoms with Gasteiger partial charge in [-0.15, -0.1) is 0 Å². The first kappa shape index (κ1) is 73.5. The number of aliphatic hydroxyl groups is 2. The minimum Gasteiger partial charge on any atom is -0.392 e. The molecule has 0 saturated carbocycles. The Hall–Kier alpha value is -0.560. The zero-order valence-electron chi connectivity index (χ0n) is 54.8. The molecule has 1 unspecified atom stereocenters. The van der Waals surface area contributed by atoms with Gasteiger partial charge in [0, 0.05) is 146 Å². The maximum absolute atomic E-state index is 12.3. The Morgan fingerprint density at radius 1 is 0.474 bits per heavy atom. The molecule has 0 radical (unpaired) electrons. The molecular formula is C62H135N11O3. The first-order valence-electron chi connectivity index (χ1n) is 31.3. The summed E-state index contributed by atoms with van der Waals surface area (Å²) < 4.78 is 6.10. The van der Waals surface area contributed by atoms with Gasteiger partial charge < -0.3 is 61.1 Å². The van der Waals surface area contributed by atoms with Crippen LogP contribution in [0.15, 0.2) is 0 Å². The molecule has 0 amide bonds. The van der Waals surface area contributed by atoms with Crippen molar-refractivity contribution in [3.8, 4) is 0 Å². The van der Waals surface area contributed by atoms with Gasteiger partial charge in [0.1, 0.15) is 0 Å². The van der Waals surface area contributed by atoms with E-state index in [1.165, 1.54) is 0 Å². The van der Waals surface area contributed by atoms with Crippen LogP contribution in [0.25, 0.3) is 0 Å². The molecule has 14 heteroatoms. The van der Waals surface area contributed by atoms with Crippen molar-refractivity contribution in [2.24, 2.45) is 35.5 Å². The number of hydrogen-bond acceptors (Lipinski definition) is 14. The highest BCUT2D eigenvalue weighted by molar-refractivity contribution is 4.92. The molecule has 1 rings (SSSR count). The van der Waals surface area contributed by atoms with Crippen LogP contribution in [0.4, 0.5) is 0 Å². The van der Waals surface area contributed by atoms with E-state index in [-0.39, 0.29) is 42.2 Å².